The first-order valence-electron chi connectivity index (χ1n) is 8.23. The zero-order valence-corrected chi connectivity index (χ0v) is 14.0. The quantitative estimate of drug-likeness (QED) is 0.838. The second kappa shape index (κ2) is 5.17. The van der Waals surface area contributed by atoms with Crippen LogP contribution in [-0.2, 0) is 6.42 Å². The highest BCUT2D eigenvalue weighted by molar-refractivity contribution is 6.05. The maximum absolute atomic E-state index is 10.7. The highest BCUT2D eigenvalue weighted by Gasteiger charge is 2.44. The Labute approximate surface area is 133 Å². The van der Waals surface area contributed by atoms with E-state index in [1.165, 1.54) is 5.56 Å². The molecule has 22 heavy (non-hydrogen) atoms. The summed E-state index contributed by atoms with van der Waals surface area (Å²) in [4.78, 5) is 4.92. The lowest BCUT2D eigenvalue weighted by atomic mass is 9.66. The summed E-state index contributed by atoms with van der Waals surface area (Å²) < 4.78 is 0. The van der Waals surface area contributed by atoms with Gasteiger partial charge >= 0.3 is 0 Å². The van der Waals surface area contributed by atoms with Crippen molar-refractivity contribution < 1.29 is 10.2 Å². The molecule has 2 unspecified atom stereocenters. The van der Waals surface area contributed by atoms with Gasteiger partial charge < -0.3 is 10.2 Å². The van der Waals surface area contributed by atoms with Gasteiger partial charge in [-0.05, 0) is 49.7 Å². The average molecular weight is 301 g/mol. The van der Waals surface area contributed by atoms with Crippen LogP contribution in [0.3, 0.4) is 0 Å². The molecule has 0 bridgehead atoms. The first-order valence-corrected chi connectivity index (χ1v) is 8.23. The lowest BCUT2D eigenvalue weighted by molar-refractivity contribution is -0.0418. The molecule has 3 heteroatoms. The molecule has 2 atom stereocenters. The molecule has 0 radical (unpaired) electrons. The van der Waals surface area contributed by atoms with Crippen LogP contribution in [0, 0.1) is 11.3 Å². The normalized spacial score (nSPS) is 33.0. The standard InChI is InChI=1S/C19H27NO2/c1-18(2)10-14(21)16(15(22)11-18)17-13-8-6-5-7-12(13)9-19(3,4)20-17/h5-8,14-16,21-22H,9-11H2,1-4H3. The average Bonchev–Trinajstić information content (AvgIpc) is 2.34. The SMILES string of the molecule is CC1(C)CC(O)C(C2=NC(C)(C)Cc3ccccc32)C(O)C1. The predicted molar refractivity (Wildman–Crippen MR) is 89.3 cm³/mol. The van der Waals surface area contributed by atoms with Crippen LogP contribution < -0.4 is 0 Å². The van der Waals surface area contributed by atoms with Crippen LogP contribution in [0.15, 0.2) is 29.3 Å². The molecule has 1 saturated carbocycles. The summed E-state index contributed by atoms with van der Waals surface area (Å²) in [6, 6.07) is 8.27. The topological polar surface area (TPSA) is 52.8 Å². The number of hydrogen-bond acceptors (Lipinski definition) is 3. The summed E-state index contributed by atoms with van der Waals surface area (Å²) in [5.41, 5.74) is 3.05. The molecular formula is C19H27NO2. The Kier molecular flexibility index (Phi) is 3.69. The fraction of sp³-hybridized carbons (Fsp3) is 0.632. The molecule has 0 saturated heterocycles. The van der Waals surface area contributed by atoms with Crippen LogP contribution in [-0.4, -0.2) is 33.7 Å². The van der Waals surface area contributed by atoms with E-state index in [-0.39, 0.29) is 16.9 Å². The molecule has 2 N–H and O–H groups in total. The number of benzene rings is 1. The third-order valence-corrected chi connectivity index (χ3v) is 5.01. The number of aliphatic imine (C=N–C) groups is 1. The number of nitrogens with zero attached hydrogens (tertiary/aromatic N) is 1. The molecule has 1 aromatic carbocycles. The molecule has 3 rings (SSSR count). The number of rotatable bonds is 1. The molecule has 2 aliphatic rings. The minimum atomic E-state index is -0.542. The Bertz CT molecular complexity index is 589. The van der Waals surface area contributed by atoms with Crippen molar-refractivity contribution in [3.05, 3.63) is 35.4 Å². The van der Waals surface area contributed by atoms with Crippen molar-refractivity contribution in [3.63, 3.8) is 0 Å². The molecule has 0 amide bonds. The fourth-order valence-electron chi connectivity index (χ4n) is 4.16. The van der Waals surface area contributed by atoms with Crippen molar-refractivity contribution in [2.24, 2.45) is 16.3 Å². The monoisotopic (exact) mass is 301 g/mol. The molecule has 0 spiro atoms. The van der Waals surface area contributed by atoms with E-state index in [9.17, 15) is 10.2 Å². The van der Waals surface area contributed by atoms with E-state index in [1.54, 1.807) is 0 Å². The summed E-state index contributed by atoms with van der Waals surface area (Å²) in [6.07, 6.45) is 1.22. The molecule has 1 fully saturated rings. The van der Waals surface area contributed by atoms with Gasteiger partial charge in [0, 0.05) is 0 Å². The second-order valence-electron chi connectivity index (χ2n) is 8.38. The van der Waals surface area contributed by atoms with Crippen molar-refractivity contribution in [2.75, 3.05) is 0 Å². The number of aliphatic hydroxyl groups excluding tert-OH is 2. The van der Waals surface area contributed by atoms with Gasteiger partial charge in [-0.2, -0.15) is 0 Å². The van der Waals surface area contributed by atoms with E-state index in [0.717, 1.165) is 17.7 Å². The third kappa shape index (κ3) is 2.84. The van der Waals surface area contributed by atoms with Crippen molar-refractivity contribution in [3.8, 4) is 0 Å². The number of hydrogen-bond donors (Lipinski definition) is 2. The molecule has 1 aliphatic carbocycles. The first-order chi connectivity index (χ1) is 10.2. The summed E-state index contributed by atoms with van der Waals surface area (Å²) in [5.74, 6) is -0.284. The minimum Gasteiger partial charge on any atom is -0.392 e. The molecular weight excluding hydrogens is 274 g/mol. The fourth-order valence-corrected chi connectivity index (χ4v) is 4.16. The molecule has 1 heterocycles. The van der Waals surface area contributed by atoms with Crippen molar-refractivity contribution in [2.45, 2.75) is 64.7 Å². The molecule has 3 nitrogen and oxygen atoms in total. The van der Waals surface area contributed by atoms with Crippen LogP contribution in [0.4, 0.5) is 0 Å². The van der Waals surface area contributed by atoms with Crippen LogP contribution in [0.5, 0.6) is 0 Å². The maximum Gasteiger partial charge on any atom is 0.0654 e. The van der Waals surface area contributed by atoms with E-state index < -0.39 is 12.2 Å². The van der Waals surface area contributed by atoms with Crippen molar-refractivity contribution in [1.82, 2.24) is 0 Å². The zero-order chi connectivity index (χ0) is 16.1. The van der Waals surface area contributed by atoms with Gasteiger partial charge in [0.25, 0.3) is 0 Å². The van der Waals surface area contributed by atoms with E-state index >= 15 is 0 Å². The summed E-state index contributed by atoms with van der Waals surface area (Å²) in [7, 11) is 0. The van der Waals surface area contributed by atoms with E-state index in [1.807, 2.05) is 6.07 Å². The van der Waals surface area contributed by atoms with Gasteiger partial charge in [0.15, 0.2) is 0 Å². The van der Waals surface area contributed by atoms with Crippen molar-refractivity contribution >= 4 is 5.71 Å². The highest BCUT2D eigenvalue weighted by atomic mass is 16.3. The molecule has 1 aliphatic heterocycles. The maximum atomic E-state index is 10.7. The summed E-state index contributed by atoms with van der Waals surface area (Å²) in [6.45, 7) is 8.45. The van der Waals surface area contributed by atoms with Crippen LogP contribution >= 0.6 is 0 Å². The second-order valence-corrected chi connectivity index (χ2v) is 8.38. The lowest BCUT2D eigenvalue weighted by Gasteiger charge is -2.44. The van der Waals surface area contributed by atoms with Gasteiger partial charge in [0.1, 0.15) is 0 Å². The highest BCUT2D eigenvalue weighted by Crippen LogP contribution is 2.41. The number of aliphatic hydroxyl groups is 2. The Balaban J connectivity index is 2.04. The van der Waals surface area contributed by atoms with Crippen LogP contribution in [0.1, 0.15) is 51.7 Å². The number of fused-ring (bicyclic) bond motifs is 1. The minimum absolute atomic E-state index is 0.0282. The van der Waals surface area contributed by atoms with Gasteiger partial charge in [-0.3, -0.25) is 4.99 Å². The van der Waals surface area contributed by atoms with Crippen molar-refractivity contribution in [1.29, 1.82) is 0 Å². The van der Waals surface area contributed by atoms with Crippen LogP contribution in [0.25, 0.3) is 0 Å². The first kappa shape index (κ1) is 15.7. The van der Waals surface area contributed by atoms with Gasteiger partial charge in [-0.15, -0.1) is 0 Å². The zero-order valence-electron chi connectivity index (χ0n) is 14.0. The van der Waals surface area contributed by atoms with E-state index in [2.05, 4.69) is 45.9 Å². The van der Waals surface area contributed by atoms with Gasteiger partial charge in [-0.1, -0.05) is 38.1 Å². The van der Waals surface area contributed by atoms with E-state index in [0.29, 0.717) is 12.8 Å². The van der Waals surface area contributed by atoms with Gasteiger partial charge in [-0.25, -0.2) is 0 Å². The predicted octanol–water partition coefficient (Wildman–Crippen LogP) is 2.97. The molecule has 120 valence electrons. The largest absolute Gasteiger partial charge is 0.392 e. The summed E-state index contributed by atoms with van der Waals surface area (Å²) >= 11 is 0. The third-order valence-electron chi connectivity index (χ3n) is 5.01. The van der Waals surface area contributed by atoms with Gasteiger partial charge in [0.05, 0.1) is 29.4 Å². The molecule has 1 aromatic rings. The molecule has 0 aromatic heterocycles. The van der Waals surface area contributed by atoms with E-state index in [4.69, 9.17) is 4.99 Å². The van der Waals surface area contributed by atoms with Gasteiger partial charge in [0.2, 0.25) is 0 Å². The Hall–Kier alpha value is -1.19. The Morgan fingerprint density at radius 3 is 2.23 bits per heavy atom. The van der Waals surface area contributed by atoms with Crippen LogP contribution in [0.2, 0.25) is 0 Å². The Morgan fingerprint density at radius 1 is 1.00 bits per heavy atom. The summed E-state index contributed by atoms with van der Waals surface area (Å²) in [5, 5.41) is 21.4. The smallest absolute Gasteiger partial charge is 0.0654 e. The lowest BCUT2D eigenvalue weighted by Crippen LogP contribution is -2.49. The Morgan fingerprint density at radius 2 is 1.59 bits per heavy atom.